The average Bonchev–Trinajstić information content (AvgIpc) is 2.38. The molecular formula is C15H16FN3O. The fourth-order valence-corrected chi connectivity index (χ4v) is 1.85. The molecule has 104 valence electrons. The van der Waals surface area contributed by atoms with E-state index in [9.17, 15) is 9.18 Å². The first-order chi connectivity index (χ1) is 9.58. The van der Waals surface area contributed by atoms with Crippen LogP contribution in [-0.2, 0) is 6.42 Å². The van der Waals surface area contributed by atoms with E-state index in [1.54, 1.807) is 18.2 Å². The predicted molar refractivity (Wildman–Crippen MR) is 79.3 cm³/mol. The molecule has 0 spiro atoms. The number of hydrogen-bond donors (Lipinski definition) is 3. The second-order valence-corrected chi connectivity index (χ2v) is 4.36. The number of aryl methyl sites for hydroxylation is 1. The lowest BCUT2D eigenvalue weighted by molar-refractivity contribution is 0.262. The van der Waals surface area contributed by atoms with Gasteiger partial charge < -0.3 is 16.4 Å². The molecule has 2 aromatic carbocycles. The van der Waals surface area contributed by atoms with E-state index in [0.29, 0.717) is 17.1 Å². The molecule has 0 bridgehead atoms. The van der Waals surface area contributed by atoms with Crippen LogP contribution in [0.3, 0.4) is 0 Å². The molecule has 20 heavy (non-hydrogen) atoms. The Kier molecular flexibility index (Phi) is 4.20. The Morgan fingerprint density at radius 1 is 1.15 bits per heavy atom. The molecular weight excluding hydrogens is 257 g/mol. The van der Waals surface area contributed by atoms with Crippen molar-refractivity contribution < 1.29 is 9.18 Å². The summed E-state index contributed by atoms with van der Waals surface area (Å²) >= 11 is 0. The van der Waals surface area contributed by atoms with Crippen molar-refractivity contribution in [2.75, 3.05) is 16.4 Å². The van der Waals surface area contributed by atoms with Gasteiger partial charge in [-0.2, -0.15) is 0 Å². The Morgan fingerprint density at radius 2 is 1.85 bits per heavy atom. The van der Waals surface area contributed by atoms with Gasteiger partial charge in [0.15, 0.2) is 0 Å². The van der Waals surface area contributed by atoms with Gasteiger partial charge >= 0.3 is 6.03 Å². The number of halogens is 1. The topological polar surface area (TPSA) is 67.2 Å². The van der Waals surface area contributed by atoms with Gasteiger partial charge in [0.2, 0.25) is 0 Å². The maximum Gasteiger partial charge on any atom is 0.323 e. The van der Waals surface area contributed by atoms with Crippen molar-refractivity contribution in [1.82, 2.24) is 0 Å². The van der Waals surface area contributed by atoms with Gasteiger partial charge in [0, 0.05) is 17.1 Å². The average molecular weight is 273 g/mol. The first kappa shape index (κ1) is 13.9. The number of nitrogen functional groups attached to an aromatic ring is 1. The highest BCUT2D eigenvalue weighted by molar-refractivity contribution is 6.00. The maximum atomic E-state index is 13.0. The summed E-state index contributed by atoms with van der Waals surface area (Å²) in [4.78, 5) is 11.8. The molecule has 0 unspecified atom stereocenters. The number of rotatable bonds is 3. The van der Waals surface area contributed by atoms with Crippen molar-refractivity contribution in [2.24, 2.45) is 0 Å². The van der Waals surface area contributed by atoms with E-state index in [0.717, 1.165) is 12.0 Å². The van der Waals surface area contributed by atoms with Crippen LogP contribution >= 0.6 is 0 Å². The minimum absolute atomic E-state index is 0.389. The first-order valence-electron chi connectivity index (χ1n) is 6.30. The number of hydrogen-bond acceptors (Lipinski definition) is 2. The third-order valence-electron chi connectivity index (χ3n) is 2.87. The summed E-state index contributed by atoms with van der Waals surface area (Å²) in [6, 6.07) is 10.6. The molecule has 2 aromatic rings. The Balaban J connectivity index is 2.03. The number of amides is 2. The number of nitrogens with two attached hydrogens (primary N) is 1. The van der Waals surface area contributed by atoms with Gasteiger partial charge in [-0.25, -0.2) is 9.18 Å². The molecule has 0 fully saturated rings. The van der Waals surface area contributed by atoms with Crippen molar-refractivity contribution >= 4 is 23.1 Å². The summed E-state index contributed by atoms with van der Waals surface area (Å²) < 4.78 is 13.0. The number of carbonyl (C=O) groups excluding carboxylic acids is 1. The highest BCUT2D eigenvalue weighted by atomic mass is 19.1. The Bertz CT molecular complexity index is 628. The third kappa shape index (κ3) is 3.47. The summed E-state index contributed by atoms with van der Waals surface area (Å²) in [5.41, 5.74) is 8.50. The van der Waals surface area contributed by atoms with Gasteiger partial charge in [0.05, 0.1) is 0 Å². The molecule has 0 heterocycles. The number of carbonyl (C=O) groups is 1. The van der Waals surface area contributed by atoms with Crippen LogP contribution in [0.5, 0.6) is 0 Å². The monoisotopic (exact) mass is 273 g/mol. The first-order valence-corrected chi connectivity index (χ1v) is 6.30. The van der Waals surface area contributed by atoms with Crippen molar-refractivity contribution in [1.29, 1.82) is 0 Å². The molecule has 2 amide bonds. The molecule has 4 nitrogen and oxygen atoms in total. The molecule has 0 aromatic heterocycles. The summed E-state index contributed by atoms with van der Waals surface area (Å²) in [5, 5.41) is 5.20. The molecule has 5 heteroatoms. The van der Waals surface area contributed by atoms with E-state index in [1.807, 2.05) is 13.0 Å². The van der Waals surface area contributed by atoms with Gasteiger partial charge in [0.25, 0.3) is 0 Å². The van der Waals surface area contributed by atoms with Gasteiger partial charge in [-0.3, -0.25) is 0 Å². The molecule has 0 radical (unpaired) electrons. The second-order valence-electron chi connectivity index (χ2n) is 4.36. The molecule has 2 rings (SSSR count). The Morgan fingerprint density at radius 3 is 2.45 bits per heavy atom. The zero-order valence-electron chi connectivity index (χ0n) is 11.1. The van der Waals surface area contributed by atoms with Gasteiger partial charge in [-0.15, -0.1) is 0 Å². The van der Waals surface area contributed by atoms with Crippen molar-refractivity contribution in [3.05, 3.63) is 53.8 Å². The second kappa shape index (κ2) is 6.06. The van der Waals surface area contributed by atoms with Crippen LogP contribution < -0.4 is 16.4 Å². The smallest absolute Gasteiger partial charge is 0.323 e. The largest absolute Gasteiger partial charge is 0.398 e. The lowest BCUT2D eigenvalue weighted by Gasteiger charge is -2.10. The van der Waals surface area contributed by atoms with E-state index in [2.05, 4.69) is 10.6 Å². The molecule has 0 aliphatic rings. The highest BCUT2D eigenvalue weighted by Gasteiger charge is 2.05. The van der Waals surface area contributed by atoms with E-state index >= 15 is 0 Å². The zero-order chi connectivity index (χ0) is 14.5. The van der Waals surface area contributed by atoms with E-state index < -0.39 is 11.8 Å². The van der Waals surface area contributed by atoms with Crippen LogP contribution in [0, 0.1) is 5.82 Å². The van der Waals surface area contributed by atoms with Gasteiger partial charge in [-0.1, -0.05) is 19.1 Å². The Hall–Kier alpha value is -2.56. The fraction of sp³-hybridized carbons (Fsp3) is 0.133. The lowest BCUT2D eigenvalue weighted by Crippen LogP contribution is -2.19. The highest BCUT2D eigenvalue weighted by Crippen LogP contribution is 2.18. The normalized spacial score (nSPS) is 10.1. The van der Waals surface area contributed by atoms with Crippen LogP contribution in [-0.4, -0.2) is 6.03 Å². The van der Waals surface area contributed by atoms with E-state index in [4.69, 9.17) is 5.73 Å². The SMILES string of the molecule is CCc1ccc(NC(=O)Nc2cccc(F)c2)cc1N. The zero-order valence-corrected chi connectivity index (χ0v) is 11.1. The summed E-state index contributed by atoms with van der Waals surface area (Å²) in [6.45, 7) is 2.01. The molecule has 4 N–H and O–H groups in total. The van der Waals surface area contributed by atoms with Crippen LogP contribution in [0.4, 0.5) is 26.2 Å². The summed E-state index contributed by atoms with van der Waals surface area (Å²) in [7, 11) is 0. The predicted octanol–water partition coefficient (Wildman–Crippen LogP) is 3.61. The molecule has 0 saturated heterocycles. The molecule has 0 aliphatic carbocycles. The molecule has 0 aliphatic heterocycles. The number of urea groups is 1. The molecule has 0 atom stereocenters. The minimum atomic E-state index is -0.445. The third-order valence-corrected chi connectivity index (χ3v) is 2.87. The van der Waals surface area contributed by atoms with Crippen molar-refractivity contribution in [3.63, 3.8) is 0 Å². The van der Waals surface area contributed by atoms with Gasteiger partial charge in [-0.05, 0) is 42.3 Å². The van der Waals surface area contributed by atoms with Gasteiger partial charge in [0.1, 0.15) is 5.82 Å². The van der Waals surface area contributed by atoms with Crippen LogP contribution in [0.25, 0.3) is 0 Å². The van der Waals surface area contributed by atoms with Crippen LogP contribution in [0.1, 0.15) is 12.5 Å². The maximum absolute atomic E-state index is 13.0. The summed E-state index contributed by atoms with van der Waals surface area (Å²) in [5.74, 6) is -0.403. The van der Waals surface area contributed by atoms with E-state index in [-0.39, 0.29) is 0 Å². The van der Waals surface area contributed by atoms with E-state index in [1.165, 1.54) is 18.2 Å². The number of nitrogens with one attached hydrogen (secondary N) is 2. The lowest BCUT2D eigenvalue weighted by atomic mass is 10.1. The number of benzene rings is 2. The minimum Gasteiger partial charge on any atom is -0.398 e. The summed E-state index contributed by atoms with van der Waals surface area (Å²) in [6.07, 6.45) is 0.835. The van der Waals surface area contributed by atoms with Crippen LogP contribution in [0.15, 0.2) is 42.5 Å². The van der Waals surface area contributed by atoms with Crippen molar-refractivity contribution in [2.45, 2.75) is 13.3 Å². The Labute approximate surface area is 116 Å². The quantitative estimate of drug-likeness (QED) is 0.748. The standard InChI is InChI=1S/C15H16FN3O/c1-2-10-6-7-13(9-14(10)17)19-15(20)18-12-5-3-4-11(16)8-12/h3-9H,2,17H2,1H3,(H2,18,19,20). The fourth-order valence-electron chi connectivity index (χ4n) is 1.85. The van der Waals surface area contributed by atoms with Crippen LogP contribution in [0.2, 0.25) is 0 Å². The molecule has 0 saturated carbocycles. The number of anilines is 3. The van der Waals surface area contributed by atoms with Crippen molar-refractivity contribution in [3.8, 4) is 0 Å².